The van der Waals surface area contributed by atoms with Crippen LogP contribution in [0.2, 0.25) is 0 Å². The number of aryl methyl sites for hydroxylation is 2. The molecule has 3 N–H and O–H groups in total. The summed E-state index contributed by atoms with van der Waals surface area (Å²) in [6, 6.07) is 7.90. The molecule has 4 nitrogen and oxygen atoms in total. The quantitative estimate of drug-likeness (QED) is 0.620. The molecule has 1 aliphatic carbocycles. The van der Waals surface area contributed by atoms with Gasteiger partial charge in [-0.1, -0.05) is 28.1 Å². The van der Waals surface area contributed by atoms with E-state index in [4.69, 9.17) is 5.73 Å². The summed E-state index contributed by atoms with van der Waals surface area (Å²) in [5.74, 6) is 0. The summed E-state index contributed by atoms with van der Waals surface area (Å²) >= 11 is 3.69. The van der Waals surface area contributed by atoms with Gasteiger partial charge < -0.3 is 5.73 Å². The van der Waals surface area contributed by atoms with Crippen molar-refractivity contribution in [1.29, 1.82) is 0 Å². The van der Waals surface area contributed by atoms with Gasteiger partial charge in [0.2, 0.25) is 0 Å². The van der Waals surface area contributed by atoms with Crippen LogP contribution in [0.3, 0.4) is 0 Å². The van der Waals surface area contributed by atoms with Crippen LogP contribution in [0.4, 0.5) is 4.79 Å². The summed E-state index contributed by atoms with van der Waals surface area (Å²) in [7, 11) is 0. The number of primary amides is 1. The Balaban J connectivity index is 2.09. The van der Waals surface area contributed by atoms with Gasteiger partial charge in [0.15, 0.2) is 0 Å². The summed E-state index contributed by atoms with van der Waals surface area (Å²) in [6.07, 6.45) is 4.84. The molecule has 0 unspecified atom stereocenters. The van der Waals surface area contributed by atoms with E-state index in [1.807, 2.05) is 13.0 Å². The minimum atomic E-state index is -0.657. The standard InChI is InChI=1S/C17H18BrN3O/c1-10(20-21-17(19)22)11-6-7-14-13-5-3-2-4-12(13)9-16(18)15(14)8-11/h6-9H,2-5H2,1H3,(H3,19,21,22). The maximum absolute atomic E-state index is 10.8. The lowest BCUT2D eigenvalue weighted by Gasteiger charge is -2.19. The third kappa shape index (κ3) is 2.86. The molecule has 0 radical (unpaired) electrons. The Hall–Kier alpha value is -1.88. The maximum atomic E-state index is 10.8. The Morgan fingerprint density at radius 2 is 2.00 bits per heavy atom. The van der Waals surface area contributed by atoms with E-state index < -0.39 is 6.03 Å². The minimum absolute atomic E-state index is 0.657. The van der Waals surface area contributed by atoms with Crippen molar-refractivity contribution in [2.24, 2.45) is 10.8 Å². The van der Waals surface area contributed by atoms with Crippen molar-refractivity contribution in [3.8, 4) is 0 Å². The summed E-state index contributed by atoms with van der Waals surface area (Å²) in [6.45, 7) is 1.85. The molecule has 2 amide bonds. The Morgan fingerprint density at radius 3 is 2.77 bits per heavy atom. The van der Waals surface area contributed by atoms with Crippen LogP contribution in [0.1, 0.15) is 36.5 Å². The zero-order valence-electron chi connectivity index (χ0n) is 12.4. The number of urea groups is 1. The molecule has 114 valence electrons. The summed E-state index contributed by atoms with van der Waals surface area (Å²) in [4.78, 5) is 10.8. The van der Waals surface area contributed by atoms with Gasteiger partial charge in [-0.2, -0.15) is 5.10 Å². The molecule has 0 fully saturated rings. The van der Waals surface area contributed by atoms with Crippen molar-refractivity contribution >= 4 is 38.4 Å². The van der Waals surface area contributed by atoms with Gasteiger partial charge in [0, 0.05) is 4.47 Å². The Bertz CT molecular complexity index is 783. The number of hydrogen-bond donors (Lipinski definition) is 2. The molecular weight excluding hydrogens is 342 g/mol. The smallest absolute Gasteiger partial charge is 0.332 e. The van der Waals surface area contributed by atoms with E-state index in [0.717, 1.165) is 28.6 Å². The molecule has 0 aliphatic heterocycles. The van der Waals surface area contributed by atoms with Crippen LogP contribution in [0, 0.1) is 0 Å². The van der Waals surface area contributed by atoms with Gasteiger partial charge in [0.25, 0.3) is 0 Å². The second-order valence-corrected chi connectivity index (χ2v) is 6.49. The third-order valence-electron chi connectivity index (χ3n) is 4.17. The van der Waals surface area contributed by atoms with Gasteiger partial charge in [0.1, 0.15) is 0 Å². The number of nitrogens with zero attached hydrogens (tertiary/aromatic N) is 1. The molecule has 5 heteroatoms. The van der Waals surface area contributed by atoms with Gasteiger partial charge in [-0.15, -0.1) is 0 Å². The molecule has 0 saturated heterocycles. The summed E-state index contributed by atoms with van der Waals surface area (Å²) in [5, 5.41) is 6.49. The predicted octanol–water partition coefficient (Wildman–Crippen LogP) is 3.87. The molecule has 2 aromatic rings. The molecule has 22 heavy (non-hydrogen) atoms. The molecule has 2 aromatic carbocycles. The second-order valence-electron chi connectivity index (χ2n) is 5.64. The zero-order valence-corrected chi connectivity index (χ0v) is 14.0. The highest BCUT2D eigenvalue weighted by Crippen LogP contribution is 2.34. The lowest BCUT2D eigenvalue weighted by Crippen LogP contribution is -2.25. The van der Waals surface area contributed by atoms with E-state index in [1.165, 1.54) is 34.7 Å². The highest BCUT2D eigenvalue weighted by atomic mass is 79.9. The Morgan fingerprint density at radius 1 is 1.23 bits per heavy atom. The Kier molecular flexibility index (Phi) is 4.16. The van der Waals surface area contributed by atoms with E-state index in [-0.39, 0.29) is 0 Å². The van der Waals surface area contributed by atoms with Gasteiger partial charge in [-0.3, -0.25) is 0 Å². The van der Waals surface area contributed by atoms with Crippen molar-refractivity contribution in [2.45, 2.75) is 32.6 Å². The molecule has 1 aliphatic rings. The Labute approximate surface area is 137 Å². The van der Waals surface area contributed by atoms with Crippen LogP contribution in [-0.4, -0.2) is 11.7 Å². The largest absolute Gasteiger partial charge is 0.350 e. The van der Waals surface area contributed by atoms with Crippen molar-refractivity contribution < 1.29 is 4.79 Å². The monoisotopic (exact) mass is 359 g/mol. The zero-order chi connectivity index (χ0) is 15.7. The van der Waals surface area contributed by atoms with Crippen molar-refractivity contribution in [1.82, 2.24) is 5.43 Å². The number of carbonyl (C=O) groups is 1. The van der Waals surface area contributed by atoms with Crippen LogP contribution in [-0.2, 0) is 12.8 Å². The lowest BCUT2D eigenvalue weighted by molar-refractivity contribution is 0.249. The number of nitrogens with one attached hydrogen (secondary N) is 1. The fourth-order valence-electron chi connectivity index (χ4n) is 3.06. The first-order valence-corrected chi connectivity index (χ1v) is 8.19. The van der Waals surface area contributed by atoms with E-state index in [9.17, 15) is 4.79 Å². The van der Waals surface area contributed by atoms with Gasteiger partial charge in [0.05, 0.1) is 5.71 Å². The fraction of sp³-hybridized carbons (Fsp3) is 0.294. The molecule has 0 saturated carbocycles. The fourth-order valence-corrected chi connectivity index (χ4v) is 3.66. The van der Waals surface area contributed by atoms with E-state index in [0.29, 0.717) is 0 Å². The number of nitrogens with two attached hydrogens (primary N) is 1. The van der Waals surface area contributed by atoms with E-state index in [1.54, 1.807) is 0 Å². The number of benzene rings is 2. The molecule has 0 bridgehead atoms. The van der Waals surface area contributed by atoms with Crippen LogP contribution in [0.5, 0.6) is 0 Å². The topological polar surface area (TPSA) is 67.5 Å². The SMILES string of the molecule is CC(=NNC(N)=O)c1ccc2c3c(cc(Br)c2c1)CCCC3. The van der Waals surface area contributed by atoms with Gasteiger partial charge >= 0.3 is 6.03 Å². The molecule has 0 aromatic heterocycles. The average molecular weight is 360 g/mol. The number of hydrazone groups is 1. The van der Waals surface area contributed by atoms with Gasteiger partial charge in [-0.05, 0) is 72.2 Å². The lowest BCUT2D eigenvalue weighted by atomic mass is 9.87. The van der Waals surface area contributed by atoms with E-state index >= 15 is 0 Å². The number of hydrogen-bond acceptors (Lipinski definition) is 2. The number of rotatable bonds is 2. The number of fused-ring (bicyclic) bond motifs is 3. The molecule has 0 atom stereocenters. The third-order valence-corrected chi connectivity index (χ3v) is 4.82. The molecule has 0 spiro atoms. The van der Waals surface area contributed by atoms with Crippen LogP contribution in [0.15, 0.2) is 33.8 Å². The average Bonchev–Trinajstić information content (AvgIpc) is 2.52. The first-order valence-electron chi connectivity index (χ1n) is 7.40. The van der Waals surface area contributed by atoms with Crippen molar-refractivity contribution in [2.75, 3.05) is 0 Å². The number of amides is 2. The molecule has 3 rings (SSSR count). The highest BCUT2D eigenvalue weighted by Gasteiger charge is 2.15. The van der Waals surface area contributed by atoms with Crippen molar-refractivity contribution in [3.05, 3.63) is 45.4 Å². The molecule has 0 heterocycles. The first kappa shape index (κ1) is 15.0. The van der Waals surface area contributed by atoms with Crippen LogP contribution >= 0.6 is 15.9 Å². The minimum Gasteiger partial charge on any atom is -0.350 e. The molecular formula is C17H18BrN3O. The van der Waals surface area contributed by atoms with Crippen molar-refractivity contribution in [3.63, 3.8) is 0 Å². The first-order chi connectivity index (χ1) is 10.6. The number of carbonyl (C=O) groups excluding carboxylic acids is 1. The summed E-state index contributed by atoms with van der Waals surface area (Å²) in [5.41, 5.74) is 11.9. The highest BCUT2D eigenvalue weighted by molar-refractivity contribution is 9.10. The van der Waals surface area contributed by atoms with Crippen LogP contribution < -0.4 is 11.2 Å². The second kappa shape index (κ2) is 6.08. The predicted molar refractivity (Wildman–Crippen MR) is 93.2 cm³/mol. The normalized spacial score (nSPS) is 14.7. The van der Waals surface area contributed by atoms with Gasteiger partial charge in [-0.25, -0.2) is 10.2 Å². The summed E-state index contributed by atoms with van der Waals surface area (Å²) < 4.78 is 1.11. The van der Waals surface area contributed by atoms with Crippen LogP contribution in [0.25, 0.3) is 10.8 Å². The maximum Gasteiger partial charge on any atom is 0.332 e. The number of halogens is 1. The van der Waals surface area contributed by atoms with E-state index in [2.05, 4.69) is 44.7 Å².